The summed E-state index contributed by atoms with van der Waals surface area (Å²) in [6.07, 6.45) is 1.26. The van der Waals surface area contributed by atoms with Gasteiger partial charge in [0, 0.05) is 18.4 Å². The molecule has 8 nitrogen and oxygen atoms in total. The minimum absolute atomic E-state index is 0.147. The molecule has 0 aliphatic heterocycles. The maximum absolute atomic E-state index is 11.8. The molecule has 0 aromatic heterocycles. The van der Waals surface area contributed by atoms with Crippen molar-refractivity contribution >= 4 is 28.0 Å². The maximum atomic E-state index is 11.8. The summed E-state index contributed by atoms with van der Waals surface area (Å²) in [6.45, 7) is 1.17. The number of carbonyl (C=O) groups is 2. The molecule has 1 atom stereocenters. The van der Waals surface area contributed by atoms with Crippen LogP contribution in [0.1, 0.15) is 17.5 Å². The lowest BCUT2D eigenvalue weighted by Gasteiger charge is -2.13. The standard InChI is InChI=1S/C16H22N2O6S/c1-12-3-5-13(6-4-12)8-10-25(22,23)17-9-7-15(20)18-14(11-19)16(21)24-2/h3-6,8,10,14,17,19H,7,9,11H2,1-2H3,(H,18,20)/b10-8+/t14-/m0/s1. The lowest BCUT2D eigenvalue weighted by Crippen LogP contribution is -2.44. The number of rotatable bonds is 9. The maximum Gasteiger partial charge on any atom is 0.330 e. The molecule has 0 aliphatic carbocycles. The number of sulfonamides is 1. The number of aryl methyl sites for hydroxylation is 1. The predicted molar refractivity (Wildman–Crippen MR) is 92.8 cm³/mol. The van der Waals surface area contributed by atoms with Crippen LogP contribution in [0.15, 0.2) is 29.7 Å². The van der Waals surface area contributed by atoms with Crippen molar-refractivity contribution in [3.05, 3.63) is 40.8 Å². The number of aliphatic hydroxyl groups is 1. The average Bonchev–Trinajstić information content (AvgIpc) is 2.58. The summed E-state index contributed by atoms with van der Waals surface area (Å²) in [5.41, 5.74) is 1.80. The molecular weight excluding hydrogens is 348 g/mol. The zero-order valence-corrected chi connectivity index (χ0v) is 14.9. The fourth-order valence-electron chi connectivity index (χ4n) is 1.79. The Hall–Kier alpha value is -2.23. The molecule has 0 radical (unpaired) electrons. The van der Waals surface area contributed by atoms with E-state index in [0.717, 1.165) is 23.6 Å². The normalized spacial score (nSPS) is 12.8. The van der Waals surface area contributed by atoms with Gasteiger partial charge in [0.15, 0.2) is 6.04 Å². The van der Waals surface area contributed by atoms with Gasteiger partial charge in [-0.25, -0.2) is 17.9 Å². The molecule has 0 heterocycles. The van der Waals surface area contributed by atoms with E-state index in [1.807, 2.05) is 19.1 Å². The molecule has 1 amide bonds. The summed E-state index contributed by atoms with van der Waals surface area (Å²) in [4.78, 5) is 22.9. The number of nitrogens with one attached hydrogen (secondary N) is 2. The number of benzene rings is 1. The zero-order valence-electron chi connectivity index (χ0n) is 14.1. The number of hydrogen-bond acceptors (Lipinski definition) is 6. The molecule has 0 saturated carbocycles. The number of esters is 1. The summed E-state index contributed by atoms with van der Waals surface area (Å²) in [6, 6.07) is 6.13. The second-order valence-corrected chi connectivity index (χ2v) is 6.88. The van der Waals surface area contributed by atoms with Crippen molar-refractivity contribution in [2.45, 2.75) is 19.4 Å². The number of amides is 1. The van der Waals surface area contributed by atoms with Gasteiger partial charge in [-0.05, 0) is 18.6 Å². The first-order valence-corrected chi connectivity index (χ1v) is 9.04. The molecule has 0 unspecified atom stereocenters. The Morgan fingerprint density at radius 3 is 2.48 bits per heavy atom. The Labute approximate surface area is 146 Å². The van der Waals surface area contributed by atoms with Crippen molar-refractivity contribution in [2.75, 3.05) is 20.3 Å². The van der Waals surface area contributed by atoms with Crippen LogP contribution in [0.25, 0.3) is 6.08 Å². The monoisotopic (exact) mass is 370 g/mol. The second-order valence-electron chi connectivity index (χ2n) is 5.23. The van der Waals surface area contributed by atoms with E-state index in [4.69, 9.17) is 5.11 Å². The second kappa shape index (κ2) is 9.92. The van der Waals surface area contributed by atoms with Crippen LogP contribution in [-0.4, -0.2) is 51.7 Å². The Morgan fingerprint density at radius 1 is 1.28 bits per heavy atom. The third-order valence-corrected chi connectivity index (χ3v) is 4.28. The molecule has 3 N–H and O–H groups in total. The van der Waals surface area contributed by atoms with Crippen molar-refractivity contribution in [2.24, 2.45) is 0 Å². The third-order valence-electron chi connectivity index (χ3n) is 3.18. The minimum Gasteiger partial charge on any atom is -0.467 e. The van der Waals surface area contributed by atoms with Crippen molar-refractivity contribution in [1.29, 1.82) is 0 Å². The minimum atomic E-state index is -3.69. The van der Waals surface area contributed by atoms with Gasteiger partial charge in [-0.1, -0.05) is 29.8 Å². The van der Waals surface area contributed by atoms with E-state index in [1.54, 1.807) is 12.1 Å². The highest BCUT2D eigenvalue weighted by molar-refractivity contribution is 7.92. The molecule has 25 heavy (non-hydrogen) atoms. The highest BCUT2D eigenvalue weighted by atomic mass is 32.2. The van der Waals surface area contributed by atoms with Gasteiger partial charge in [-0.2, -0.15) is 0 Å². The topological polar surface area (TPSA) is 122 Å². The van der Waals surface area contributed by atoms with E-state index in [1.165, 1.54) is 6.08 Å². The molecule has 0 bridgehead atoms. The van der Waals surface area contributed by atoms with Gasteiger partial charge in [0.25, 0.3) is 0 Å². The largest absolute Gasteiger partial charge is 0.467 e. The van der Waals surface area contributed by atoms with E-state index >= 15 is 0 Å². The molecule has 0 saturated heterocycles. The van der Waals surface area contributed by atoms with Crippen LogP contribution in [0.3, 0.4) is 0 Å². The number of ether oxygens (including phenoxy) is 1. The lowest BCUT2D eigenvalue weighted by molar-refractivity contribution is -0.146. The first-order valence-electron chi connectivity index (χ1n) is 7.50. The molecule has 1 aromatic carbocycles. The molecule has 0 fully saturated rings. The number of methoxy groups -OCH3 is 1. The average molecular weight is 370 g/mol. The molecule has 1 aromatic rings. The summed E-state index contributed by atoms with van der Waals surface area (Å²) in [7, 11) is -2.56. The Morgan fingerprint density at radius 2 is 1.92 bits per heavy atom. The zero-order chi connectivity index (χ0) is 18.9. The summed E-state index contributed by atoms with van der Waals surface area (Å²) in [5.74, 6) is -1.37. The molecule has 9 heteroatoms. The molecular formula is C16H22N2O6S. The van der Waals surface area contributed by atoms with Crippen molar-refractivity contribution < 1.29 is 27.9 Å². The smallest absolute Gasteiger partial charge is 0.330 e. The lowest BCUT2D eigenvalue weighted by atomic mass is 10.2. The summed E-state index contributed by atoms with van der Waals surface area (Å²) < 4.78 is 30.3. The van der Waals surface area contributed by atoms with Gasteiger partial charge in [0.2, 0.25) is 15.9 Å². The van der Waals surface area contributed by atoms with E-state index in [0.29, 0.717) is 0 Å². The third kappa shape index (κ3) is 7.92. The summed E-state index contributed by atoms with van der Waals surface area (Å²) >= 11 is 0. The number of aliphatic hydroxyl groups excluding tert-OH is 1. The summed E-state index contributed by atoms with van der Waals surface area (Å²) in [5, 5.41) is 12.3. The van der Waals surface area contributed by atoms with Crippen LogP contribution in [-0.2, 0) is 24.3 Å². The molecule has 1 rings (SSSR count). The first-order chi connectivity index (χ1) is 11.8. The predicted octanol–water partition coefficient (Wildman–Crippen LogP) is -0.0747. The van der Waals surface area contributed by atoms with Crippen molar-refractivity contribution in [3.63, 3.8) is 0 Å². The first kappa shape index (κ1) is 20.8. The molecule has 138 valence electrons. The quantitative estimate of drug-likeness (QED) is 0.523. The van der Waals surface area contributed by atoms with Gasteiger partial charge in [-0.15, -0.1) is 0 Å². The molecule has 0 aliphatic rings. The Bertz CT molecular complexity index is 713. The SMILES string of the molecule is COC(=O)[C@H](CO)NC(=O)CCNS(=O)(=O)/C=C/c1ccc(C)cc1. The Kier molecular flexibility index (Phi) is 8.26. The van der Waals surface area contributed by atoms with E-state index in [9.17, 15) is 18.0 Å². The Balaban J connectivity index is 2.46. The van der Waals surface area contributed by atoms with Gasteiger partial charge in [0.1, 0.15) is 0 Å². The van der Waals surface area contributed by atoms with Crippen molar-refractivity contribution in [3.8, 4) is 0 Å². The van der Waals surface area contributed by atoms with Crippen LogP contribution >= 0.6 is 0 Å². The van der Waals surface area contributed by atoms with Gasteiger partial charge in [0.05, 0.1) is 13.7 Å². The van der Waals surface area contributed by atoms with Gasteiger partial charge >= 0.3 is 5.97 Å². The van der Waals surface area contributed by atoms with Crippen LogP contribution in [0.2, 0.25) is 0 Å². The highest BCUT2D eigenvalue weighted by Crippen LogP contribution is 2.06. The number of carbonyl (C=O) groups excluding carboxylic acids is 2. The van der Waals surface area contributed by atoms with Crippen LogP contribution < -0.4 is 10.0 Å². The number of hydrogen-bond donors (Lipinski definition) is 3. The van der Waals surface area contributed by atoms with E-state index < -0.39 is 34.5 Å². The van der Waals surface area contributed by atoms with Gasteiger partial charge in [-0.3, -0.25) is 4.79 Å². The van der Waals surface area contributed by atoms with Crippen molar-refractivity contribution in [1.82, 2.24) is 10.0 Å². The van der Waals surface area contributed by atoms with E-state index in [-0.39, 0.29) is 13.0 Å². The fraction of sp³-hybridized carbons (Fsp3) is 0.375. The van der Waals surface area contributed by atoms with E-state index in [2.05, 4.69) is 14.8 Å². The van der Waals surface area contributed by atoms with Crippen LogP contribution in [0.4, 0.5) is 0 Å². The van der Waals surface area contributed by atoms with Crippen LogP contribution in [0.5, 0.6) is 0 Å². The molecule has 0 spiro atoms. The highest BCUT2D eigenvalue weighted by Gasteiger charge is 2.20. The fourth-order valence-corrected chi connectivity index (χ4v) is 2.61. The van der Waals surface area contributed by atoms with Crippen LogP contribution in [0, 0.1) is 6.92 Å². The van der Waals surface area contributed by atoms with Gasteiger partial charge < -0.3 is 15.2 Å².